The van der Waals surface area contributed by atoms with Gasteiger partial charge in [0.15, 0.2) is 0 Å². The van der Waals surface area contributed by atoms with Crippen LogP contribution in [0.3, 0.4) is 0 Å². The number of fused-ring (bicyclic) bond motifs is 24. The van der Waals surface area contributed by atoms with Gasteiger partial charge in [0.2, 0.25) is 0 Å². The van der Waals surface area contributed by atoms with E-state index in [-0.39, 0.29) is 80.4 Å². The normalized spacial score (nSPS) is 17.0. The fraction of sp³-hybridized carbons (Fsp3) is 0.194. The molecule has 8 heterocycles. The summed E-state index contributed by atoms with van der Waals surface area (Å²) in [5.41, 5.74) is 20.2. The molecule has 88 heavy (non-hydrogen) atoms. The summed E-state index contributed by atoms with van der Waals surface area (Å²) in [6, 6.07) is 72.9. The van der Waals surface area contributed by atoms with Gasteiger partial charge in [0, 0.05) is 120 Å². The molecule has 1 fully saturated rings. The summed E-state index contributed by atoms with van der Waals surface area (Å²) in [6.45, 7) is 12.6. The van der Waals surface area contributed by atoms with Gasteiger partial charge in [0.25, 0.3) is 0 Å². The van der Waals surface area contributed by atoms with Crippen molar-refractivity contribution < 1.29 is 80.4 Å². The van der Waals surface area contributed by atoms with Crippen LogP contribution in [0.25, 0.3) is 44.5 Å². The Balaban J connectivity index is 0.000000120. The quantitative estimate of drug-likeness (QED) is 0.162. The van der Waals surface area contributed by atoms with Crippen LogP contribution in [0, 0.1) is 50.9 Å². The Morgan fingerprint density at radius 2 is 0.784 bits per heavy atom. The third-order valence-electron chi connectivity index (χ3n) is 16.9. The first kappa shape index (κ1) is 62.8. The average Bonchev–Trinajstić information content (AvgIpc) is 1.57. The van der Waals surface area contributed by atoms with Crippen molar-refractivity contribution in [1.82, 2.24) is 20.0 Å². The van der Waals surface area contributed by atoms with Crippen LogP contribution in [0.4, 0.5) is 22.7 Å². The summed E-state index contributed by atoms with van der Waals surface area (Å²) in [4.78, 5) is 8.62. The standard InChI is InChI=1S/C20H19N3.C20H17N3.C17H15N3.C15H11N3.4Ir/c2*1-2-8-15(9-3-1)23-14-22-19-13-7-6-11-17(19)16-10-4-5-12-18(16)20(22)21-23;1-12(2)20-11-19-16-10-6-5-8-14(16)13-7-3-4-9-15(13)17(19)18-20;1-17-10-18-14-9-5-4-7-12(14)11-6-2-3-8-13(11)15(18)16-17;;;;/h4-7,10-12,14-15H,1-3,8-9H2;4-8,10-12,14H,1-3,9H2;3-9,11-12H,1-2H3;2-8,10H,1H3;;;;/q4*-2;;;;. The zero-order chi connectivity index (χ0) is 56.3. The maximum Gasteiger partial charge on any atom is 0.127 e. The molecule has 2 aliphatic carbocycles. The smallest absolute Gasteiger partial charge is 0.127 e. The van der Waals surface area contributed by atoms with Crippen molar-refractivity contribution in [2.45, 2.75) is 83.7 Å². The Kier molecular flexibility index (Phi) is 19.3. The molecule has 0 unspecified atom stereocenters. The molecule has 0 spiro atoms. The maximum atomic E-state index is 4.97. The van der Waals surface area contributed by atoms with Crippen LogP contribution in [-0.4, -0.2) is 62.5 Å². The number of amidine groups is 4. The van der Waals surface area contributed by atoms with Gasteiger partial charge in [-0.15, -0.1) is 48.9 Å². The summed E-state index contributed by atoms with van der Waals surface area (Å²) in [6.07, 6.45) is 13.6. The molecule has 4 radical (unpaired) electrons. The molecule has 8 aromatic carbocycles. The number of rotatable bonds is 3. The van der Waals surface area contributed by atoms with Crippen LogP contribution >= 0.6 is 0 Å². The number of para-hydroxylation sites is 4. The van der Waals surface area contributed by atoms with Gasteiger partial charge in [-0.25, -0.2) is 0 Å². The minimum absolute atomic E-state index is 0. The predicted molar refractivity (Wildman–Crippen MR) is 338 cm³/mol. The minimum Gasteiger partial charge on any atom is -0.476 e. The van der Waals surface area contributed by atoms with Gasteiger partial charge in [0.05, 0.1) is 0 Å². The summed E-state index contributed by atoms with van der Waals surface area (Å²) in [5.74, 6) is 4.01. The molecule has 0 amide bonds. The average molecular weight is 1860 g/mol. The van der Waals surface area contributed by atoms with Gasteiger partial charge in [-0.1, -0.05) is 167 Å². The molecule has 8 aromatic rings. The molecule has 0 bridgehead atoms. The van der Waals surface area contributed by atoms with E-state index in [0.29, 0.717) is 12.1 Å². The molecule has 12 nitrogen and oxygen atoms in total. The fourth-order valence-corrected chi connectivity index (χ4v) is 12.9. The van der Waals surface area contributed by atoms with E-state index in [0.717, 1.165) is 58.9 Å². The topological polar surface area (TPSA) is 75.4 Å². The van der Waals surface area contributed by atoms with E-state index >= 15 is 0 Å². The Labute approximate surface area is 571 Å². The minimum atomic E-state index is 0. The molecule has 0 atom stereocenters. The zero-order valence-electron chi connectivity index (χ0n) is 48.8. The fourth-order valence-electron chi connectivity index (χ4n) is 12.9. The van der Waals surface area contributed by atoms with E-state index in [2.05, 4.69) is 232 Å². The maximum absolute atomic E-state index is 4.97. The van der Waals surface area contributed by atoms with Crippen molar-refractivity contribution in [3.63, 3.8) is 0 Å². The summed E-state index contributed by atoms with van der Waals surface area (Å²) >= 11 is 0. The van der Waals surface area contributed by atoms with Crippen LogP contribution in [-0.2, 0) is 80.4 Å². The number of hydrazone groups is 4. The molecular formula is C72H62Ir4N12-8. The van der Waals surface area contributed by atoms with E-state index in [9.17, 15) is 0 Å². The van der Waals surface area contributed by atoms with Gasteiger partial charge in [-0.3, -0.25) is 0 Å². The molecule has 8 aliphatic heterocycles. The molecule has 18 rings (SSSR count). The zero-order valence-corrected chi connectivity index (χ0v) is 58.4. The number of hydrogen-bond acceptors (Lipinski definition) is 12. The van der Waals surface area contributed by atoms with E-state index in [4.69, 9.17) is 15.3 Å². The van der Waals surface area contributed by atoms with E-state index in [1.165, 1.54) is 117 Å². The second-order valence-electron chi connectivity index (χ2n) is 22.6. The SMILES string of the molecule is CC(C)N1[CH-]N2C(=N1)c1ccccc1-c1ccc[c-]c12.CN1[CH-]N2C(=N1)c1ccccc1-c1ccc[c-]c12.[Ir].[Ir].[Ir].[Ir].[c-]1cccc2c1N1[CH-]N(C3=CCCCC3)N=C1c1ccccc1-2.[c-]1cccc2c1N1[CH-]N(C3CCCCC3)N=C1c1ccccc1-2. The van der Waals surface area contributed by atoms with E-state index < -0.39 is 0 Å². The second-order valence-corrected chi connectivity index (χ2v) is 22.6. The van der Waals surface area contributed by atoms with Gasteiger partial charge in [-0.05, 0) is 59.4 Å². The number of hydrogen-bond donors (Lipinski definition) is 0. The first-order valence-corrected chi connectivity index (χ1v) is 29.5. The molecule has 10 aliphatic rings. The monoisotopic (exact) mass is 1870 g/mol. The molecule has 1 saturated carbocycles. The van der Waals surface area contributed by atoms with Crippen molar-refractivity contribution in [2.24, 2.45) is 20.4 Å². The van der Waals surface area contributed by atoms with Gasteiger partial charge in [0.1, 0.15) is 23.3 Å². The second kappa shape index (κ2) is 27.1. The Morgan fingerprint density at radius 1 is 0.398 bits per heavy atom. The van der Waals surface area contributed by atoms with Crippen molar-refractivity contribution >= 4 is 46.1 Å². The molecule has 16 heteroatoms. The van der Waals surface area contributed by atoms with Crippen molar-refractivity contribution in [2.75, 3.05) is 26.6 Å². The van der Waals surface area contributed by atoms with Crippen LogP contribution in [0.2, 0.25) is 0 Å². The number of anilines is 4. The van der Waals surface area contributed by atoms with Crippen molar-refractivity contribution in [3.8, 4) is 44.5 Å². The Hall–Kier alpha value is -6.82. The van der Waals surface area contributed by atoms with Crippen molar-refractivity contribution in [1.29, 1.82) is 0 Å². The third kappa shape index (κ3) is 11.5. The Bertz CT molecular complexity index is 4020. The molecular weight excluding hydrogens is 1800 g/mol. The van der Waals surface area contributed by atoms with E-state index in [1.807, 2.05) is 60.1 Å². The largest absolute Gasteiger partial charge is 0.476 e. The predicted octanol–water partition coefficient (Wildman–Crippen LogP) is 15.1. The van der Waals surface area contributed by atoms with Crippen LogP contribution in [0.1, 0.15) is 93.9 Å². The van der Waals surface area contributed by atoms with Gasteiger partial charge in [-0.2, -0.15) is 117 Å². The van der Waals surface area contributed by atoms with Gasteiger partial charge >= 0.3 is 0 Å². The summed E-state index contributed by atoms with van der Waals surface area (Å²) in [7, 11) is 1.94. The van der Waals surface area contributed by atoms with E-state index in [1.54, 1.807) is 0 Å². The first-order chi connectivity index (χ1) is 41.4. The van der Waals surface area contributed by atoms with Crippen LogP contribution in [0.5, 0.6) is 0 Å². The number of allylic oxidation sites excluding steroid dienone is 2. The molecule has 0 aromatic heterocycles. The third-order valence-corrected chi connectivity index (χ3v) is 16.9. The first-order valence-electron chi connectivity index (χ1n) is 29.5. The summed E-state index contributed by atoms with van der Waals surface area (Å²) in [5, 5.41) is 27.3. The molecule has 0 N–H and O–H groups in total. The number of benzene rings is 8. The molecule has 0 saturated heterocycles. The van der Waals surface area contributed by atoms with Gasteiger partial charge < -0.3 is 39.6 Å². The van der Waals surface area contributed by atoms with Crippen LogP contribution in [0.15, 0.2) is 202 Å². The molecule has 454 valence electrons. The van der Waals surface area contributed by atoms with Crippen LogP contribution < -0.4 is 19.6 Å². The number of nitrogens with zero attached hydrogens (tertiary/aromatic N) is 12. The van der Waals surface area contributed by atoms with Crippen molar-refractivity contribution in [3.05, 3.63) is 255 Å². The Morgan fingerprint density at radius 3 is 1.23 bits per heavy atom. The summed E-state index contributed by atoms with van der Waals surface area (Å²) < 4.78 is 0.